The lowest BCUT2D eigenvalue weighted by Gasteiger charge is -2.16. The first kappa shape index (κ1) is 12.8. The van der Waals surface area contributed by atoms with Gasteiger partial charge in [0, 0.05) is 12.2 Å². The van der Waals surface area contributed by atoms with Crippen molar-refractivity contribution in [2.75, 3.05) is 11.4 Å². The lowest BCUT2D eigenvalue weighted by atomic mass is 10.1. The molecule has 0 saturated heterocycles. The van der Waals surface area contributed by atoms with E-state index in [-0.39, 0.29) is 5.91 Å². The van der Waals surface area contributed by atoms with Gasteiger partial charge in [-0.3, -0.25) is 4.79 Å². The Labute approximate surface area is 118 Å². The van der Waals surface area contributed by atoms with Gasteiger partial charge in [0.05, 0.1) is 5.69 Å². The molecule has 3 rings (SSSR count). The van der Waals surface area contributed by atoms with Gasteiger partial charge in [-0.2, -0.15) is 5.10 Å². The molecule has 102 valence electrons. The van der Waals surface area contributed by atoms with Crippen molar-refractivity contribution >= 4 is 11.6 Å². The van der Waals surface area contributed by atoms with Crippen LogP contribution in [0.5, 0.6) is 0 Å². The van der Waals surface area contributed by atoms with Crippen LogP contribution in [0.1, 0.15) is 41.5 Å². The van der Waals surface area contributed by atoms with Crippen LogP contribution in [0, 0.1) is 0 Å². The summed E-state index contributed by atoms with van der Waals surface area (Å²) in [7, 11) is 0. The van der Waals surface area contributed by atoms with Gasteiger partial charge < -0.3 is 4.90 Å². The number of para-hydroxylation sites is 1. The minimum absolute atomic E-state index is 0.0715. The minimum atomic E-state index is -0.0715. The standard InChI is InChI=1S/C16H17N3O/c1-11(2)13-7-8-14(18-17-13)16(20)19-10-9-12-5-3-4-6-15(12)19/h3-8,11H,9-10H2,1-2H3. The van der Waals surface area contributed by atoms with E-state index in [1.165, 1.54) is 5.56 Å². The molecular formula is C16H17N3O. The third-order valence-corrected chi connectivity index (χ3v) is 3.63. The number of amides is 1. The zero-order valence-corrected chi connectivity index (χ0v) is 11.7. The largest absolute Gasteiger partial charge is 0.306 e. The molecule has 0 aliphatic carbocycles. The average molecular weight is 267 g/mol. The van der Waals surface area contributed by atoms with E-state index in [1.54, 1.807) is 11.0 Å². The van der Waals surface area contributed by atoms with Crippen LogP contribution in [-0.4, -0.2) is 22.6 Å². The van der Waals surface area contributed by atoms with E-state index in [9.17, 15) is 4.79 Å². The molecule has 0 unspecified atom stereocenters. The zero-order chi connectivity index (χ0) is 14.1. The predicted molar refractivity (Wildman–Crippen MR) is 77.9 cm³/mol. The van der Waals surface area contributed by atoms with E-state index in [1.807, 2.05) is 24.3 Å². The summed E-state index contributed by atoms with van der Waals surface area (Å²) in [5, 5.41) is 8.21. The van der Waals surface area contributed by atoms with Gasteiger partial charge in [0.25, 0.3) is 5.91 Å². The van der Waals surface area contributed by atoms with E-state index in [0.29, 0.717) is 18.2 Å². The number of benzene rings is 1. The van der Waals surface area contributed by atoms with Crippen LogP contribution < -0.4 is 4.90 Å². The molecule has 0 spiro atoms. The molecular weight excluding hydrogens is 250 g/mol. The normalized spacial score (nSPS) is 13.7. The molecule has 4 nitrogen and oxygen atoms in total. The molecule has 1 aliphatic rings. The number of nitrogens with zero attached hydrogens (tertiary/aromatic N) is 3. The molecule has 2 heterocycles. The summed E-state index contributed by atoms with van der Waals surface area (Å²) in [5.74, 6) is 0.247. The third kappa shape index (κ3) is 2.18. The fourth-order valence-corrected chi connectivity index (χ4v) is 2.45. The monoisotopic (exact) mass is 267 g/mol. The fourth-order valence-electron chi connectivity index (χ4n) is 2.45. The molecule has 4 heteroatoms. The summed E-state index contributed by atoms with van der Waals surface area (Å²) in [6, 6.07) is 11.7. The van der Waals surface area contributed by atoms with Gasteiger partial charge in [-0.1, -0.05) is 32.0 Å². The zero-order valence-electron chi connectivity index (χ0n) is 11.7. The second kappa shape index (κ2) is 5.04. The molecule has 1 amide bonds. The number of fused-ring (bicyclic) bond motifs is 1. The maximum atomic E-state index is 12.5. The van der Waals surface area contributed by atoms with Crippen LogP contribution in [-0.2, 0) is 6.42 Å². The van der Waals surface area contributed by atoms with Crippen molar-refractivity contribution in [2.45, 2.75) is 26.2 Å². The van der Waals surface area contributed by atoms with E-state index in [4.69, 9.17) is 0 Å². The number of hydrogen-bond acceptors (Lipinski definition) is 3. The van der Waals surface area contributed by atoms with Crippen LogP contribution in [0.25, 0.3) is 0 Å². The van der Waals surface area contributed by atoms with E-state index < -0.39 is 0 Å². The number of hydrogen-bond donors (Lipinski definition) is 0. The van der Waals surface area contributed by atoms with Crippen molar-refractivity contribution in [1.82, 2.24) is 10.2 Å². The maximum absolute atomic E-state index is 12.5. The Kier molecular flexibility index (Phi) is 3.22. The van der Waals surface area contributed by atoms with Gasteiger partial charge >= 0.3 is 0 Å². The molecule has 0 N–H and O–H groups in total. The van der Waals surface area contributed by atoms with E-state index in [2.05, 4.69) is 30.1 Å². The highest BCUT2D eigenvalue weighted by Crippen LogP contribution is 2.28. The Balaban J connectivity index is 1.87. The van der Waals surface area contributed by atoms with Crippen LogP contribution in [0.4, 0.5) is 5.69 Å². The fraction of sp³-hybridized carbons (Fsp3) is 0.312. The lowest BCUT2D eigenvalue weighted by Crippen LogP contribution is -2.29. The molecule has 2 aromatic rings. The van der Waals surface area contributed by atoms with E-state index >= 15 is 0 Å². The highest BCUT2D eigenvalue weighted by molar-refractivity contribution is 6.05. The molecule has 0 radical (unpaired) electrons. The van der Waals surface area contributed by atoms with Gasteiger partial charge in [0.2, 0.25) is 0 Å². The van der Waals surface area contributed by atoms with Gasteiger partial charge in [0.1, 0.15) is 0 Å². The highest BCUT2D eigenvalue weighted by atomic mass is 16.2. The summed E-state index contributed by atoms with van der Waals surface area (Å²) < 4.78 is 0. The predicted octanol–water partition coefficient (Wildman–Crippen LogP) is 2.80. The first-order chi connectivity index (χ1) is 9.66. The number of aromatic nitrogens is 2. The number of carbonyl (C=O) groups is 1. The lowest BCUT2D eigenvalue weighted by molar-refractivity contribution is 0.0983. The van der Waals surface area contributed by atoms with Gasteiger partial charge in [-0.15, -0.1) is 5.10 Å². The summed E-state index contributed by atoms with van der Waals surface area (Å²) in [6.45, 7) is 4.83. The Morgan fingerprint density at radius 2 is 1.95 bits per heavy atom. The van der Waals surface area contributed by atoms with E-state index in [0.717, 1.165) is 17.8 Å². The molecule has 0 fully saturated rings. The smallest absolute Gasteiger partial charge is 0.278 e. The van der Waals surface area contributed by atoms with Crippen LogP contribution in [0.15, 0.2) is 36.4 Å². The number of anilines is 1. The van der Waals surface area contributed by atoms with Gasteiger partial charge in [-0.25, -0.2) is 0 Å². The van der Waals surface area contributed by atoms with Crippen molar-refractivity contribution in [3.63, 3.8) is 0 Å². The Hall–Kier alpha value is -2.23. The first-order valence-corrected chi connectivity index (χ1v) is 6.90. The molecule has 0 atom stereocenters. The van der Waals surface area contributed by atoms with Crippen LogP contribution >= 0.6 is 0 Å². The third-order valence-electron chi connectivity index (χ3n) is 3.63. The van der Waals surface area contributed by atoms with Crippen molar-refractivity contribution in [2.24, 2.45) is 0 Å². The van der Waals surface area contributed by atoms with Crippen molar-refractivity contribution < 1.29 is 4.79 Å². The molecule has 0 saturated carbocycles. The van der Waals surface area contributed by atoms with Crippen LogP contribution in [0.2, 0.25) is 0 Å². The maximum Gasteiger partial charge on any atom is 0.278 e. The highest BCUT2D eigenvalue weighted by Gasteiger charge is 2.26. The van der Waals surface area contributed by atoms with Crippen molar-refractivity contribution in [1.29, 1.82) is 0 Å². The first-order valence-electron chi connectivity index (χ1n) is 6.90. The summed E-state index contributed by atoms with van der Waals surface area (Å²) >= 11 is 0. The molecule has 1 aromatic heterocycles. The molecule has 20 heavy (non-hydrogen) atoms. The SMILES string of the molecule is CC(C)c1ccc(C(=O)N2CCc3ccccc32)nn1. The quantitative estimate of drug-likeness (QED) is 0.840. The molecule has 1 aliphatic heterocycles. The molecule has 1 aromatic carbocycles. The minimum Gasteiger partial charge on any atom is -0.306 e. The summed E-state index contributed by atoms with van der Waals surface area (Å²) in [6.07, 6.45) is 0.902. The Bertz CT molecular complexity index is 634. The average Bonchev–Trinajstić information content (AvgIpc) is 2.90. The molecule has 0 bridgehead atoms. The Morgan fingerprint density at radius 3 is 2.65 bits per heavy atom. The van der Waals surface area contributed by atoms with Crippen LogP contribution in [0.3, 0.4) is 0 Å². The van der Waals surface area contributed by atoms with Gasteiger partial charge in [0.15, 0.2) is 5.69 Å². The van der Waals surface area contributed by atoms with Crippen molar-refractivity contribution in [3.05, 3.63) is 53.3 Å². The topological polar surface area (TPSA) is 46.1 Å². The number of rotatable bonds is 2. The number of carbonyl (C=O) groups excluding carboxylic acids is 1. The van der Waals surface area contributed by atoms with Gasteiger partial charge in [-0.05, 0) is 36.1 Å². The second-order valence-electron chi connectivity index (χ2n) is 5.33. The van der Waals surface area contributed by atoms with Crippen molar-refractivity contribution in [3.8, 4) is 0 Å². The summed E-state index contributed by atoms with van der Waals surface area (Å²) in [5.41, 5.74) is 3.52. The second-order valence-corrected chi connectivity index (χ2v) is 5.33. The Morgan fingerprint density at radius 1 is 1.15 bits per heavy atom. The summed E-state index contributed by atoms with van der Waals surface area (Å²) in [4.78, 5) is 14.3.